The molecule has 0 saturated carbocycles. The van der Waals surface area contributed by atoms with Crippen molar-refractivity contribution >= 4 is 11.8 Å². The standard InChI is InChI=1S/C20H18F2N4O4/c1-20(30-2,19(21)22)16(18(28)26-29)25-17(27)14-9-7-13(8-10-14)5-3-4-6-15-11-23-12-24-15/h7-12,16,19,29H,1-2H3,(H,23,24)(H,25,27)(H,26,28). The zero-order chi connectivity index (χ0) is 22.1. The van der Waals surface area contributed by atoms with Gasteiger partial charge in [-0.1, -0.05) is 5.92 Å². The van der Waals surface area contributed by atoms with Gasteiger partial charge in [0.1, 0.15) is 11.7 Å². The summed E-state index contributed by atoms with van der Waals surface area (Å²) in [5, 5.41) is 11.0. The van der Waals surface area contributed by atoms with Crippen LogP contribution in [0, 0.1) is 23.7 Å². The molecule has 0 aliphatic carbocycles. The quantitative estimate of drug-likeness (QED) is 0.320. The Morgan fingerprint density at radius 2 is 1.90 bits per heavy atom. The fourth-order valence-corrected chi connectivity index (χ4v) is 2.31. The van der Waals surface area contributed by atoms with Gasteiger partial charge < -0.3 is 15.0 Å². The molecule has 30 heavy (non-hydrogen) atoms. The third-order valence-electron chi connectivity index (χ3n) is 4.21. The Bertz CT molecular complexity index is 1000. The molecule has 10 heteroatoms. The van der Waals surface area contributed by atoms with Crippen molar-refractivity contribution in [3.63, 3.8) is 0 Å². The van der Waals surface area contributed by atoms with Crippen molar-refractivity contribution in [2.45, 2.75) is 25.0 Å². The highest BCUT2D eigenvalue weighted by Gasteiger charge is 2.48. The first-order valence-electron chi connectivity index (χ1n) is 8.50. The number of nitrogens with one attached hydrogen (secondary N) is 3. The first-order valence-corrected chi connectivity index (χ1v) is 8.50. The predicted molar refractivity (Wildman–Crippen MR) is 101 cm³/mol. The number of aromatic nitrogens is 2. The van der Waals surface area contributed by atoms with E-state index in [9.17, 15) is 18.4 Å². The van der Waals surface area contributed by atoms with Gasteiger partial charge in [0, 0.05) is 18.2 Å². The number of halogens is 2. The topological polar surface area (TPSA) is 116 Å². The van der Waals surface area contributed by atoms with Crippen LogP contribution in [0.1, 0.15) is 28.5 Å². The number of carbonyl (C=O) groups excluding carboxylic acids is 2. The molecule has 0 radical (unpaired) electrons. The minimum absolute atomic E-state index is 0.0903. The summed E-state index contributed by atoms with van der Waals surface area (Å²) in [6, 6.07) is 4.02. The Morgan fingerprint density at radius 1 is 1.23 bits per heavy atom. The molecule has 1 aromatic carbocycles. The van der Waals surface area contributed by atoms with Crippen molar-refractivity contribution in [3.8, 4) is 23.7 Å². The number of benzene rings is 1. The highest BCUT2D eigenvalue weighted by molar-refractivity contribution is 5.97. The van der Waals surface area contributed by atoms with Gasteiger partial charge in [0.25, 0.3) is 18.2 Å². The minimum Gasteiger partial charge on any atom is -0.370 e. The van der Waals surface area contributed by atoms with Crippen molar-refractivity contribution in [2.24, 2.45) is 0 Å². The van der Waals surface area contributed by atoms with Crippen LogP contribution in [0.3, 0.4) is 0 Å². The van der Waals surface area contributed by atoms with Gasteiger partial charge in [-0.3, -0.25) is 14.8 Å². The first-order chi connectivity index (χ1) is 14.3. The Morgan fingerprint density at radius 3 is 2.43 bits per heavy atom. The zero-order valence-electron chi connectivity index (χ0n) is 16.0. The average molecular weight is 416 g/mol. The predicted octanol–water partition coefficient (Wildman–Crippen LogP) is 1.09. The maximum atomic E-state index is 13.4. The Hall–Kier alpha value is -3.73. The number of hydrogen-bond acceptors (Lipinski definition) is 5. The highest BCUT2D eigenvalue weighted by Crippen LogP contribution is 2.24. The third-order valence-corrected chi connectivity index (χ3v) is 4.21. The number of ether oxygens (including phenoxy) is 1. The molecule has 2 atom stereocenters. The molecule has 156 valence electrons. The number of carbonyl (C=O) groups is 2. The number of rotatable bonds is 6. The Labute approximate surface area is 171 Å². The van der Waals surface area contributed by atoms with Crippen LogP contribution in [0.5, 0.6) is 0 Å². The summed E-state index contributed by atoms with van der Waals surface area (Å²) in [4.78, 5) is 30.9. The molecule has 0 fully saturated rings. The molecule has 0 aliphatic heterocycles. The number of methoxy groups -OCH3 is 1. The average Bonchev–Trinajstić information content (AvgIpc) is 3.27. The van der Waals surface area contributed by atoms with Gasteiger partial charge >= 0.3 is 0 Å². The van der Waals surface area contributed by atoms with Crippen molar-refractivity contribution in [1.29, 1.82) is 0 Å². The molecule has 0 bridgehead atoms. The van der Waals surface area contributed by atoms with Crippen LogP contribution in [-0.4, -0.2) is 52.2 Å². The first kappa shape index (κ1) is 22.6. The SMILES string of the molecule is COC(C)(C(F)F)C(NC(=O)c1ccc(C#CC#Cc2cnc[nH]2)cc1)C(=O)NO. The largest absolute Gasteiger partial charge is 0.370 e. The molecular weight excluding hydrogens is 398 g/mol. The number of H-pyrrole nitrogens is 1. The minimum atomic E-state index is -3.12. The fourth-order valence-electron chi connectivity index (χ4n) is 2.31. The lowest BCUT2D eigenvalue weighted by molar-refractivity contribution is -0.157. The van der Waals surface area contributed by atoms with Gasteiger partial charge in [0.2, 0.25) is 0 Å². The molecule has 8 nitrogen and oxygen atoms in total. The molecule has 1 aromatic heterocycles. The third kappa shape index (κ3) is 5.41. The van der Waals surface area contributed by atoms with Crippen LogP contribution in [0.2, 0.25) is 0 Å². The lowest BCUT2D eigenvalue weighted by atomic mass is 9.95. The van der Waals surface area contributed by atoms with Crippen LogP contribution in [0.15, 0.2) is 36.8 Å². The van der Waals surface area contributed by atoms with Crippen LogP contribution in [0.4, 0.5) is 8.78 Å². The second kappa shape index (κ2) is 10.2. The molecule has 0 saturated heterocycles. The Kier molecular flexibility index (Phi) is 7.64. The lowest BCUT2D eigenvalue weighted by Gasteiger charge is -2.34. The molecule has 0 aliphatic rings. The van der Waals surface area contributed by atoms with E-state index >= 15 is 0 Å². The van der Waals surface area contributed by atoms with Crippen LogP contribution >= 0.6 is 0 Å². The van der Waals surface area contributed by atoms with Gasteiger partial charge in [0.05, 0.1) is 12.5 Å². The lowest BCUT2D eigenvalue weighted by Crippen LogP contribution is -2.62. The normalized spacial score (nSPS) is 13.1. The number of hydroxylamine groups is 1. The van der Waals surface area contributed by atoms with E-state index in [2.05, 4.69) is 39.0 Å². The van der Waals surface area contributed by atoms with Gasteiger partial charge in [-0.15, -0.1) is 0 Å². The Balaban J connectivity index is 2.13. The number of hydrogen-bond donors (Lipinski definition) is 4. The summed E-state index contributed by atoms with van der Waals surface area (Å²) in [6.07, 6.45) is -0.0767. The van der Waals surface area contributed by atoms with Crippen molar-refractivity contribution in [2.75, 3.05) is 7.11 Å². The molecule has 2 unspecified atom stereocenters. The van der Waals surface area contributed by atoms with Gasteiger partial charge in [-0.05, 0) is 49.0 Å². The van der Waals surface area contributed by atoms with E-state index in [0.717, 1.165) is 14.0 Å². The summed E-state index contributed by atoms with van der Waals surface area (Å²) in [5.74, 6) is 8.76. The maximum Gasteiger partial charge on any atom is 0.269 e. The number of aromatic amines is 1. The fraction of sp³-hybridized carbons (Fsp3) is 0.250. The molecular formula is C20H18F2N4O4. The number of nitrogens with zero attached hydrogens (tertiary/aromatic N) is 1. The van der Waals surface area contributed by atoms with E-state index in [1.807, 2.05) is 0 Å². The van der Waals surface area contributed by atoms with Crippen LogP contribution < -0.4 is 10.8 Å². The van der Waals surface area contributed by atoms with Crippen molar-refractivity contribution in [1.82, 2.24) is 20.8 Å². The molecule has 2 amide bonds. The summed E-state index contributed by atoms with van der Waals surface area (Å²) in [7, 11) is 0.971. The molecule has 2 aromatic rings. The van der Waals surface area contributed by atoms with Crippen LogP contribution in [-0.2, 0) is 9.53 Å². The summed E-state index contributed by atoms with van der Waals surface area (Å²) in [5.41, 5.74) is 0.166. The monoisotopic (exact) mass is 416 g/mol. The van der Waals surface area contributed by atoms with E-state index in [1.54, 1.807) is 6.20 Å². The number of amides is 2. The summed E-state index contributed by atoms with van der Waals surface area (Å²) in [6.45, 7) is 0.945. The number of imidazole rings is 1. The summed E-state index contributed by atoms with van der Waals surface area (Å²) < 4.78 is 31.6. The second-order valence-corrected chi connectivity index (χ2v) is 6.11. The second-order valence-electron chi connectivity index (χ2n) is 6.11. The smallest absolute Gasteiger partial charge is 0.269 e. The van der Waals surface area contributed by atoms with Crippen molar-refractivity contribution in [3.05, 3.63) is 53.6 Å². The molecule has 4 N–H and O–H groups in total. The van der Waals surface area contributed by atoms with E-state index < -0.39 is 29.9 Å². The molecule has 0 spiro atoms. The van der Waals surface area contributed by atoms with Gasteiger partial charge in [-0.25, -0.2) is 19.2 Å². The highest BCUT2D eigenvalue weighted by atomic mass is 19.3. The van der Waals surface area contributed by atoms with Gasteiger partial charge in [-0.2, -0.15) is 0 Å². The maximum absolute atomic E-state index is 13.4. The van der Waals surface area contributed by atoms with Gasteiger partial charge in [0.15, 0.2) is 5.60 Å². The van der Waals surface area contributed by atoms with Crippen LogP contribution in [0.25, 0.3) is 0 Å². The van der Waals surface area contributed by atoms with E-state index in [4.69, 9.17) is 9.94 Å². The zero-order valence-corrected chi connectivity index (χ0v) is 16.0. The summed E-state index contributed by atoms with van der Waals surface area (Å²) >= 11 is 0. The van der Waals surface area contributed by atoms with Crippen molar-refractivity contribution < 1.29 is 28.3 Å². The number of alkyl halides is 2. The molecule has 1 heterocycles. The van der Waals surface area contributed by atoms with E-state index in [-0.39, 0.29) is 5.56 Å². The van der Waals surface area contributed by atoms with E-state index in [1.165, 1.54) is 36.1 Å². The molecule has 2 rings (SSSR count). The van der Waals surface area contributed by atoms with E-state index in [0.29, 0.717) is 11.3 Å².